The van der Waals surface area contributed by atoms with Gasteiger partial charge < -0.3 is 79.5 Å². The summed E-state index contributed by atoms with van der Waals surface area (Å²) in [5.41, 5.74) is -0.846. The maximum absolute atomic E-state index is 14.7. The van der Waals surface area contributed by atoms with E-state index in [1.54, 1.807) is 0 Å². The fourth-order valence-corrected chi connectivity index (χ4v) is 14.7. The molecule has 7 fully saturated rings. The minimum atomic E-state index is -1.90. The number of carboxylic acid groups (broad SMARTS) is 1. The lowest BCUT2D eigenvalue weighted by atomic mass is 9.33. The Hall–Kier alpha value is -1.88. The van der Waals surface area contributed by atoms with Crippen molar-refractivity contribution >= 4 is 11.9 Å². The van der Waals surface area contributed by atoms with Gasteiger partial charge in [0.1, 0.15) is 61.0 Å². The number of aliphatic carboxylic acids is 1. The Bertz CT molecular complexity index is 1820. The predicted octanol–water partition coefficient (Wildman–Crippen LogP) is 0.872. The lowest BCUT2D eigenvalue weighted by molar-refractivity contribution is -0.357. The minimum absolute atomic E-state index is 0.0677. The van der Waals surface area contributed by atoms with Gasteiger partial charge in [0, 0.05) is 0 Å². The Morgan fingerprint density at radius 1 is 0.708 bits per heavy atom. The largest absolute Gasteiger partial charge is 0.479 e. The molecular formula is C47H74O18. The zero-order valence-electron chi connectivity index (χ0n) is 38.7. The summed E-state index contributed by atoms with van der Waals surface area (Å²) < 4.78 is 35.1. The second-order valence-corrected chi connectivity index (χ2v) is 23.1. The van der Waals surface area contributed by atoms with E-state index in [1.807, 2.05) is 0 Å². The molecule has 65 heavy (non-hydrogen) atoms. The molecular weight excluding hydrogens is 852 g/mol. The van der Waals surface area contributed by atoms with Crippen LogP contribution in [0.2, 0.25) is 0 Å². The number of fused-ring (bicyclic) bond motifs is 7. The summed E-state index contributed by atoms with van der Waals surface area (Å²) in [6, 6.07) is 0. The van der Waals surface area contributed by atoms with E-state index in [1.165, 1.54) is 5.57 Å². The fourth-order valence-electron chi connectivity index (χ4n) is 14.7. The number of ether oxygens (including phenoxy) is 6. The van der Waals surface area contributed by atoms with Crippen molar-refractivity contribution in [3.8, 4) is 0 Å². The molecule has 18 heteroatoms. The van der Waals surface area contributed by atoms with Crippen LogP contribution in [0.5, 0.6) is 0 Å². The van der Waals surface area contributed by atoms with Crippen LogP contribution in [-0.4, -0.2) is 168 Å². The van der Waals surface area contributed by atoms with Crippen LogP contribution < -0.4 is 0 Å². The van der Waals surface area contributed by atoms with Crippen molar-refractivity contribution in [2.75, 3.05) is 13.2 Å². The van der Waals surface area contributed by atoms with Crippen LogP contribution in [0.1, 0.15) is 113 Å². The second-order valence-electron chi connectivity index (χ2n) is 23.1. The molecule has 10 N–H and O–H groups in total. The van der Waals surface area contributed by atoms with E-state index in [0.717, 1.165) is 44.9 Å². The number of allylic oxidation sites excluding steroid dienone is 2. The van der Waals surface area contributed by atoms with Crippen molar-refractivity contribution in [3.63, 3.8) is 0 Å². The van der Waals surface area contributed by atoms with Crippen LogP contribution in [0, 0.1) is 50.2 Å². The number of carboxylic acids is 1. The highest BCUT2D eigenvalue weighted by atomic mass is 16.7. The van der Waals surface area contributed by atoms with Gasteiger partial charge in [-0.15, -0.1) is 0 Å². The Kier molecular flexibility index (Phi) is 13.1. The molecule has 8 rings (SSSR count). The number of hydrogen-bond donors (Lipinski definition) is 10. The Balaban J connectivity index is 1.03. The molecule has 3 aliphatic heterocycles. The van der Waals surface area contributed by atoms with E-state index in [-0.39, 0.29) is 39.4 Å². The van der Waals surface area contributed by atoms with Crippen LogP contribution in [0.3, 0.4) is 0 Å². The summed E-state index contributed by atoms with van der Waals surface area (Å²) in [6.07, 6.45) is -13.7. The van der Waals surface area contributed by atoms with Gasteiger partial charge in [0.05, 0.1) is 24.7 Å². The van der Waals surface area contributed by atoms with E-state index in [4.69, 9.17) is 28.4 Å². The fraction of sp³-hybridized carbons (Fsp3) is 0.915. The van der Waals surface area contributed by atoms with E-state index < -0.39 is 128 Å². The Morgan fingerprint density at radius 2 is 1.38 bits per heavy atom. The molecule has 8 aliphatic rings. The molecule has 0 unspecified atom stereocenters. The van der Waals surface area contributed by atoms with Gasteiger partial charge in [0.15, 0.2) is 18.7 Å². The molecule has 0 amide bonds. The summed E-state index contributed by atoms with van der Waals surface area (Å²) in [5, 5.41) is 105. The minimum Gasteiger partial charge on any atom is -0.479 e. The van der Waals surface area contributed by atoms with Gasteiger partial charge in [-0.1, -0.05) is 60.1 Å². The van der Waals surface area contributed by atoms with E-state index in [9.17, 15) is 60.7 Å². The molecule has 5 aliphatic carbocycles. The molecule has 0 aromatic heterocycles. The first-order chi connectivity index (χ1) is 30.3. The van der Waals surface area contributed by atoms with Crippen LogP contribution >= 0.6 is 0 Å². The molecule has 0 radical (unpaired) electrons. The van der Waals surface area contributed by atoms with Crippen LogP contribution in [0.25, 0.3) is 0 Å². The Morgan fingerprint density at radius 3 is 2.06 bits per heavy atom. The van der Waals surface area contributed by atoms with Gasteiger partial charge in [-0.05, 0) is 109 Å². The van der Waals surface area contributed by atoms with Crippen LogP contribution in [-0.2, 0) is 38.0 Å². The van der Waals surface area contributed by atoms with Gasteiger partial charge in [-0.2, -0.15) is 0 Å². The zero-order chi connectivity index (χ0) is 47.6. The lowest BCUT2D eigenvalue weighted by Gasteiger charge is -2.71. The quantitative estimate of drug-likeness (QED) is 0.0918. The summed E-state index contributed by atoms with van der Waals surface area (Å²) in [4.78, 5) is 27.0. The van der Waals surface area contributed by atoms with Gasteiger partial charge in [0.2, 0.25) is 6.29 Å². The third kappa shape index (κ3) is 7.76. The van der Waals surface area contributed by atoms with E-state index >= 15 is 0 Å². The number of hydrogen-bond acceptors (Lipinski definition) is 17. The lowest BCUT2D eigenvalue weighted by Crippen LogP contribution is -2.67. The molecule has 370 valence electrons. The van der Waals surface area contributed by atoms with Crippen molar-refractivity contribution in [2.45, 2.75) is 205 Å². The van der Waals surface area contributed by atoms with Crippen molar-refractivity contribution in [1.29, 1.82) is 0 Å². The zero-order valence-corrected chi connectivity index (χ0v) is 38.7. The predicted molar refractivity (Wildman–Crippen MR) is 225 cm³/mol. The standard InChI is InChI=1S/C47H74O18/c1-42(2)14-16-47(41(59)65-39-32(54)30(52)29(51)24(19-48)61-39)17-15-45(6)21(22(47)18-42)8-9-26-44(5)12-11-27(43(3,4)25(44)10-13-46(26,45)7)62-40-34(56)35(33(55)36(64-40)37(57)58)63-38-31(53)28(50)23(49)20-60-38/h8,22-36,38-40,48-56H,9-20H2,1-7H3,(H,57,58)/t22-,23-,24-,25-,26-,27+,28+,29-,30+,31-,32-,33+,34-,35+,36+,38+,39+,40-,44+,45-,46-,47+/m1/s1. The first-order valence-corrected chi connectivity index (χ1v) is 23.7. The number of aliphatic hydroxyl groups excluding tert-OH is 9. The number of esters is 1. The van der Waals surface area contributed by atoms with Gasteiger partial charge in [0.25, 0.3) is 0 Å². The van der Waals surface area contributed by atoms with Gasteiger partial charge in [-0.25, -0.2) is 4.79 Å². The molecule has 0 bridgehead atoms. The van der Waals surface area contributed by atoms with Gasteiger partial charge in [-0.3, -0.25) is 4.79 Å². The maximum Gasteiger partial charge on any atom is 0.335 e. The average molecular weight is 927 g/mol. The number of rotatable bonds is 8. The molecule has 4 saturated carbocycles. The number of carbonyl (C=O) groups excluding carboxylic acids is 1. The topological polar surface area (TPSA) is 292 Å². The molecule has 3 saturated heterocycles. The monoisotopic (exact) mass is 926 g/mol. The first kappa shape index (κ1) is 49.5. The SMILES string of the molecule is CC1(C)CC[C@]2(C(=O)O[C@@H]3O[C@H](CO)[C@@H](O)[C@H](O)[C@H]3O)CC[C@]3(C)C(=CC[C@@H]4[C@@]5(C)CC[C@H](O[C@@H]6O[C@H](C(=O)O)[C@@H](O)[C@H](O[C@@H]7OC[C@@H](O)[C@H](O)[C@H]7O)[C@H]6O)C(C)(C)[C@H]5CC[C@]43C)[C@H]2C1. The third-order valence-electron chi connectivity index (χ3n) is 18.9. The van der Waals surface area contributed by atoms with Crippen molar-refractivity contribution in [1.82, 2.24) is 0 Å². The summed E-state index contributed by atoms with van der Waals surface area (Å²) in [6.45, 7) is 14.9. The number of carbonyl (C=O) groups is 2. The third-order valence-corrected chi connectivity index (χ3v) is 18.9. The first-order valence-electron chi connectivity index (χ1n) is 23.7. The average Bonchev–Trinajstić information content (AvgIpc) is 3.24. The van der Waals surface area contributed by atoms with Crippen LogP contribution in [0.15, 0.2) is 11.6 Å². The summed E-state index contributed by atoms with van der Waals surface area (Å²) >= 11 is 0. The summed E-state index contributed by atoms with van der Waals surface area (Å²) in [7, 11) is 0. The molecule has 3 heterocycles. The normalized spacial score (nSPS) is 52.7. The Labute approximate surface area is 380 Å². The van der Waals surface area contributed by atoms with Gasteiger partial charge >= 0.3 is 11.9 Å². The second kappa shape index (κ2) is 17.2. The highest BCUT2D eigenvalue weighted by molar-refractivity contribution is 5.79. The molecule has 0 spiro atoms. The van der Waals surface area contributed by atoms with E-state index in [2.05, 4.69) is 54.5 Å². The van der Waals surface area contributed by atoms with Crippen molar-refractivity contribution in [2.24, 2.45) is 50.2 Å². The highest BCUT2D eigenvalue weighted by Gasteiger charge is 2.70. The molecule has 0 aromatic rings. The highest BCUT2D eigenvalue weighted by Crippen LogP contribution is 2.76. The molecule has 22 atom stereocenters. The molecule has 18 nitrogen and oxygen atoms in total. The smallest absolute Gasteiger partial charge is 0.335 e. The maximum atomic E-state index is 14.7. The van der Waals surface area contributed by atoms with Crippen molar-refractivity contribution in [3.05, 3.63) is 11.6 Å². The number of aliphatic hydroxyl groups is 9. The van der Waals surface area contributed by atoms with Crippen LogP contribution in [0.4, 0.5) is 0 Å². The molecule has 0 aromatic carbocycles. The van der Waals surface area contributed by atoms with Crippen molar-refractivity contribution < 1.29 is 89.1 Å². The summed E-state index contributed by atoms with van der Waals surface area (Å²) in [5.74, 6) is -1.80. The van der Waals surface area contributed by atoms with E-state index in [0.29, 0.717) is 19.3 Å².